The van der Waals surface area contributed by atoms with Gasteiger partial charge in [0.1, 0.15) is 17.7 Å². The quantitative estimate of drug-likeness (QED) is 0.477. The van der Waals surface area contributed by atoms with E-state index in [9.17, 15) is 18.8 Å². The van der Waals surface area contributed by atoms with E-state index in [0.717, 1.165) is 0 Å². The van der Waals surface area contributed by atoms with Crippen molar-refractivity contribution in [1.82, 2.24) is 15.5 Å². The number of nitrogens with zero attached hydrogens (tertiary/aromatic N) is 1. The summed E-state index contributed by atoms with van der Waals surface area (Å²) in [6, 6.07) is 13.2. The van der Waals surface area contributed by atoms with Crippen LogP contribution >= 0.6 is 0 Å². The van der Waals surface area contributed by atoms with Crippen LogP contribution in [0.5, 0.6) is 28.7 Å². The van der Waals surface area contributed by atoms with Gasteiger partial charge in [-0.2, -0.15) is 0 Å². The van der Waals surface area contributed by atoms with Crippen molar-refractivity contribution in [3.63, 3.8) is 0 Å². The molecular weight excluding hydrogens is 549 g/mol. The van der Waals surface area contributed by atoms with E-state index in [1.54, 1.807) is 41.3 Å². The molecule has 1 fully saturated rings. The van der Waals surface area contributed by atoms with E-state index in [-0.39, 0.29) is 49.5 Å². The van der Waals surface area contributed by atoms with E-state index in [1.165, 1.54) is 25.3 Å². The smallest absolute Gasteiger partial charge is 0.258 e. The minimum Gasteiger partial charge on any atom is -0.493 e. The summed E-state index contributed by atoms with van der Waals surface area (Å²) in [5.41, 5.74) is 1.16. The summed E-state index contributed by atoms with van der Waals surface area (Å²) in [6.45, 7) is 0.276. The van der Waals surface area contributed by atoms with Gasteiger partial charge in [0.25, 0.3) is 17.7 Å². The number of ether oxygens (including phenoxy) is 5. The molecule has 0 spiro atoms. The summed E-state index contributed by atoms with van der Waals surface area (Å²) >= 11 is 0. The highest BCUT2D eigenvalue weighted by molar-refractivity contribution is 5.96. The van der Waals surface area contributed by atoms with Crippen molar-refractivity contribution in [2.75, 3.05) is 33.6 Å². The molecule has 3 aromatic carbocycles. The highest BCUT2D eigenvalue weighted by atomic mass is 19.1. The molecule has 0 aromatic heterocycles. The molecule has 0 radical (unpaired) electrons. The van der Waals surface area contributed by atoms with Crippen LogP contribution in [0, 0.1) is 5.82 Å². The molecule has 2 atom stereocenters. The first-order valence-corrected chi connectivity index (χ1v) is 13.4. The number of piperidine rings is 1. The lowest BCUT2D eigenvalue weighted by Crippen LogP contribution is -2.58. The third-order valence-electron chi connectivity index (χ3n) is 7.27. The number of fused-ring (bicyclic) bond motifs is 6. The number of hydrogen-bond donors (Lipinski definition) is 2. The molecule has 3 heterocycles. The number of rotatable bonds is 2. The van der Waals surface area contributed by atoms with E-state index in [2.05, 4.69) is 10.6 Å². The molecule has 3 aliphatic heterocycles. The zero-order valence-electron chi connectivity index (χ0n) is 22.7. The summed E-state index contributed by atoms with van der Waals surface area (Å²) in [7, 11) is 1.45. The Labute approximate surface area is 240 Å². The topological polar surface area (TPSA) is 125 Å². The Hall–Kier alpha value is -5.00. The highest BCUT2D eigenvalue weighted by Gasteiger charge is 2.35. The fourth-order valence-electron chi connectivity index (χ4n) is 5.15. The van der Waals surface area contributed by atoms with Crippen molar-refractivity contribution < 1.29 is 42.5 Å². The molecule has 218 valence electrons. The van der Waals surface area contributed by atoms with Gasteiger partial charge in [-0.05, 0) is 54.1 Å². The Kier molecular flexibility index (Phi) is 7.43. The maximum Gasteiger partial charge on any atom is 0.258 e. The second-order valence-corrected chi connectivity index (χ2v) is 10.1. The molecule has 6 rings (SSSR count). The van der Waals surface area contributed by atoms with Crippen LogP contribution < -0.4 is 34.3 Å². The maximum absolute atomic E-state index is 14.5. The van der Waals surface area contributed by atoms with Gasteiger partial charge in [-0.3, -0.25) is 14.4 Å². The van der Waals surface area contributed by atoms with Crippen molar-refractivity contribution in [2.24, 2.45) is 0 Å². The minimum atomic E-state index is -0.644. The molecule has 4 bridgehead atoms. The van der Waals surface area contributed by atoms with E-state index in [4.69, 9.17) is 23.7 Å². The van der Waals surface area contributed by atoms with Crippen molar-refractivity contribution in [1.29, 1.82) is 0 Å². The Morgan fingerprint density at radius 2 is 1.86 bits per heavy atom. The van der Waals surface area contributed by atoms with Crippen LogP contribution in [-0.4, -0.2) is 68.4 Å². The lowest BCUT2D eigenvalue weighted by Gasteiger charge is -2.39. The molecular formula is C30H28FN3O8. The lowest BCUT2D eigenvalue weighted by molar-refractivity contribution is -0.123. The maximum atomic E-state index is 14.5. The lowest BCUT2D eigenvalue weighted by atomic mass is 9.99. The standard InChI is InChI=1S/C30H28FN3O8/c1-38-24-4-2-18-10-26(24)39-15-28(35)32-13-17-8-20(31)12-21(9-17)42-23-6-7-34(14-22(23)33-29(18)36)30(37)19-3-5-25-27(11-19)41-16-40-25/h2-5,8-12,22-23H,6-7,13-16H2,1H3,(H,32,35)(H,33,36)/t22-,23+/m0/s1. The van der Waals surface area contributed by atoms with Crippen LogP contribution in [0.15, 0.2) is 54.6 Å². The van der Waals surface area contributed by atoms with E-state index in [1.807, 2.05) is 0 Å². The van der Waals surface area contributed by atoms with Gasteiger partial charge in [-0.25, -0.2) is 4.39 Å². The van der Waals surface area contributed by atoms with E-state index in [0.29, 0.717) is 41.3 Å². The number of methoxy groups -OCH3 is 1. The number of likely N-dealkylation sites (tertiary alicyclic amines) is 1. The average Bonchev–Trinajstić information content (AvgIpc) is 3.47. The largest absolute Gasteiger partial charge is 0.493 e. The molecule has 12 heteroatoms. The fraction of sp³-hybridized carbons (Fsp3) is 0.300. The third-order valence-corrected chi connectivity index (χ3v) is 7.27. The van der Waals surface area contributed by atoms with Crippen LogP contribution in [0.4, 0.5) is 4.39 Å². The van der Waals surface area contributed by atoms with Crippen molar-refractivity contribution in [3.8, 4) is 28.7 Å². The first-order chi connectivity index (χ1) is 20.4. The number of carbonyl (C=O) groups excluding carboxylic acids is 3. The van der Waals surface area contributed by atoms with Crippen LogP contribution in [0.3, 0.4) is 0 Å². The second kappa shape index (κ2) is 11.5. The molecule has 3 aromatic rings. The summed E-state index contributed by atoms with van der Waals surface area (Å²) in [5, 5.41) is 5.68. The normalized spacial score (nSPS) is 19.9. The molecule has 42 heavy (non-hydrogen) atoms. The van der Waals surface area contributed by atoms with Crippen LogP contribution in [0.2, 0.25) is 0 Å². The SMILES string of the molecule is COc1ccc2cc1OCC(=O)NCc1cc(F)cc(c1)O[C@@H]1CCN(C(=O)c3ccc4c(c3)OCO4)C[C@@H]1NC2=O. The van der Waals surface area contributed by atoms with Crippen molar-refractivity contribution >= 4 is 17.7 Å². The number of nitrogens with one attached hydrogen (secondary N) is 2. The van der Waals surface area contributed by atoms with Crippen LogP contribution in [0.1, 0.15) is 32.7 Å². The molecule has 0 aliphatic carbocycles. The van der Waals surface area contributed by atoms with Gasteiger partial charge in [-0.15, -0.1) is 0 Å². The number of halogens is 1. The predicted octanol–water partition coefficient (Wildman–Crippen LogP) is 2.66. The molecule has 0 unspecified atom stereocenters. The number of carbonyl (C=O) groups is 3. The Bertz CT molecular complexity index is 1550. The van der Waals surface area contributed by atoms with E-state index < -0.39 is 29.8 Å². The van der Waals surface area contributed by atoms with Crippen molar-refractivity contribution in [3.05, 3.63) is 77.1 Å². The summed E-state index contributed by atoms with van der Waals surface area (Å²) < 4.78 is 42.5. The summed E-state index contributed by atoms with van der Waals surface area (Å²) in [6.07, 6.45) is -0.221. The predicted molar refractivity (Wildman–Crippen MR) is 145 cm³/mol. The first kappa shape index (κ1) is 27.2. The number of benzene rings is 3. The molecule has 3 amide bonds. The summed E-state index contributed by atoms with van der Waals surface area (Å²) in [5.74, 6) is 0.190. The van der Waals surface area contributed by atoms with Gasteiger partial charge < -0.3 is 39.2 Å². The van der Waals surface area contributed by atoms with E-state index >= 15 is 0 Å². The molecule has 2 N–H and O–H groups in total. The second-order valence-electron chi connectivity index (χ2n) is 10.1. The van der Waals surface area contributed by atoms with Gasteiger partial charge >= 0.3 is 0 Å². The molecule has 1 saturated heterocycles. The molecule has 3 aliphatic rings. The zero-order chi connectivity index (χ0) is 29.2. The summed E-state index contributed by atoms with van der Waals surface area (Å²) in [4.78, 5) is 41.0. The van der Waals surface area contributed by atoms with Gasteiger partial charge in [0, 0.05) is 43.2 Å². The molecule has 11 nitrogen and oxygen atoms in total. The number of hydrogen-bond acceptors (Lipinski definition) is 8. The highest BCUT2D eigenvalue weighted by Crippen LogP contribution is 2.33. The Balaban J connectivity index is 1.30. The third kappa shape index (κ3) is 5.73. The molecule has 0 saturated carbocycles. The fourth-order valence-corrected chi connectivity index (χ4v) is 5.15. The Morgan fingerprint density at radius 3 is 2.71 bits per heavy atom. The zero-order valence-corrected chi connectivity index (χ0v) is 22.7. The Morgan fingerprint density at radius 1 is 1.00 bits per heavy atom. The van der Waals surface area contributed by atoms with Gasteiger partial charge in [0.15, 0.2) is 29.6 Å². The average molecular weight is 578 g/mol. The van der Waals surface area contributed by atoms with Crippen molar-refractivity contribution in [2.45, 2.75) is 25.1 Å². The van der Waals surface area contributed by atoms with Crippen LogP contribution in [0.25, 0.3) is 0 Å². The first-order valence-electron chi connectivity index (χ1n) is 13.4. The minimum absolute atomic E-state index is 0.0517. The monoisotopic (exact) mass is 577 g/mol. The van der Waals surface area contributed by atoms with Gasteiger partial charge in [0.05, 0.1) is 13.2 Å². The number of amides is 3. The van der Waals surface area contributed by atoms with Gasteiger partial charge in [-0.1, -0.05) is 0 Å². The van der Waals surface area contributed by atoms with Crippen LogP contribution in [-0.2, 0) is 11.3 Å². The van der Waals surface area contributed by atoms with Gasteiger partial charge in [0.2, 0.25) is 6.79 Å².